The quantitative estimate of drug-likeness (QED) is 0.596. The molecule has 3 nitrogen and oxygen atoms in total. The number of hydrogen-bond donors (Lipinski definition) is 0. The van der Waals surface area contributed by atoms with Crippen molar-refractivity contribution in [2.45, 2.75) is 52.2 Å². The first-order chi connectivity index (χ1) is 10.5. The molecule has 1 aliphatic heterocycles. The number of allylic oxidation sites excluding steroid dienone is 1. The molecule has 0 spiro atoms. The van der Waals surface area contributed by atoms with E-state index in [1.807, 2.05) is 39.0 Å². The second-order valence-corrected chi connectivity index (χ2v) is 5.47. The van der Waals surface area contributed by atoms with E-state index >= 15 is 0 Å². The molecule has 1 aromatic carbocycles. The van der Waals surface area contributed by atoms with E-state index in [1.54, 1.807) is 6.08 Å². The Balaban J connectivity index is 0.000000745. The Bertz CT molecular complexity index is 489. The molecular formula is C19H26O3. The van der Waals surface area contributed by atoms with Gasteiger partial charge in [-0.15, -0.1) is 6.58 Å². The summed E-state index contributed by atoms with van der Waals surface area (Å²) in [6, 6.07) is 10.2. The topological polar surface area (TPSA) is 35.5 Å². The van der Waals surface area contributed by atoms with E-state index in [0.717, 1.165) is 18.6 Å². The maximum Gasteiger partial charge on any atom is 0.334 e. The third-order valence-electron chi connectivity index (χ3n) is 2.98. The standard InChI is InChI=1S/C16H20O3.C3H6/c1-12(2)18-15-10-14(19-16(17)11-15)9-8-13-6-4-3-5-7-13;1-3-2/h3-7,11-12,14H,8-10H2,1-2H3;3H,1H2,2H3. The lowest BCUT2D eigenvalue weighted by atomic mass is 10.0. The summed E-state index contributed by atoms with van der Waals surface area (Å²) in [5.41, 5.74) is 1.26. The SMILES string of the molecule is C=CC.CC(C)OC1=CC(=O)OC(CCc2ccccc2)C1. The van der Waals surface area contributed by atoms with Gasteiger partial charge in [0, 0.05) is 6.42 Å². The number of aryl methyl sites for hydroxylation is 1. The lowest BCUT2D eigenvalue weighted by Gasteiger charge is -2.24. The van der Waals surface area contributed by atoms with Crippen molar-refractivity contribution in [2.75, 3.05) is 0 Å². The molecule has 1 unspecified atom stereocenters. The molecule has 0 aromatic heterocycles. The monoisotopic (exact) mass is 302 g/mol. The van der Waals surface area contributed by atoms with Gasteiger partial charge in [0.05, 0.1) is 12.2 Å². The summed E-state index contributed by atoms with van der Waals surface area (Å²) in [6.07, 6.45) is 5.64. The van der Waals surface area contributed by atoms with Gasteiger partial charge in [0.2, 0.25) is 0 Å². The van der Waals surface area contributed by atoms with Gasteiger partial charge < -0.3 is 9.47 Å². The predicted molar refractivity (Wildman–Crippen MR) is 89.4 cm³/mol. The maximum atomic E-state index is 11.5. The molecule has 1 aliphatic rings. The predicted octanol–water partition coefficient (Wildman–Crippen LogP) is 4.44. The first-order valence-electron chi connectivity index (χ1n) is 7.74. The molecule has 0 saturated carbocycles. The molecule has 1 atom stereocenters. The van der Waals surface area contributed by atoms with Gasteiger partial charge in [-0.1, -0.05) is 36.4 Å². The Morgan fingerprint density at radius 1 is 1.36 bits per heavy atom. The van der Waals surface area contributed by atoms with E-state index < -0.39 is 0 Å². The van der Waals surface area contributed by atoms with Crippen LogP contribution >= 0.6 is 0 Å². The van der Waals surface area contributed by atoms with Gasteiger partial charge in [-0.05, 0) is 39.2 Å². The van der Waals surface area contributed by atoms with E-state index in [-0.39, 0.29) is 18.2 Å². The average Bonchev–Trinajstić information content (AvgIpc) is 2.46. The molecule has 22 heavy (non-hydrogen) atoms. The van der Waals surface area contributed by atoms with Crippen molar-refractivity contribution in [3.63, 3.8) is 0 Å². The fourth-order valence-electron chi connectivity index (χ4n) is 2.17. The molecule has 0 fully saturated rings. The van der Waals surface area contributed by atoms with Crippen LogP contribution in [0.5, 0.6) is 0 Å². The highest BCUT2D eigenvalue weighted by Crippen LogP contribution is 2.21. The minimum Gasteiger partial charge on any atom is -0.495 e. The molecule has 0 N–H and O–H groups in total. The summed E-state index contributed by atoms with van der Waals surface area (Å²) in [4.78, 5) is 11.5. The number of benzene rings is 1. The van der Waals surface area contributed by atoms with Crippen molar-refractivity contribution in [1.29, 1.82) is 0 Å². The number of carbonyl (C=O) groups excluding carboxylic acids is 1. The third kappa shape index (κ3) is 7.11. The van der Waals surface area contributed by atoms with E-state index in [4.69, 9.17) is 9.47 Å². The number of esters is 1. The fourth-order valence-corrected chi connectivity index (χ4v) is 2.17. The fraction of sp³-hybridized carbons (Fsp3) is 0.421. The zero-order valence-corrected chi connectivity index (χ0v) is 13.7. The maximum absolute atomic E-state index is 11.5. The highest BCUT2D eigenvalue weighted by atomic mass is 16.6. The molecule has 0 bridgehead atoms. The van der Waals surface area contributed by atoms with Crippen LogP contribution in [0, 0.1) is 0 Å². The largest absolute Gasteiger partial charge is 0.495 e. The Hall–Kier alpha value is -2.03. The van der Waals surface area contributed by atoms with Crippen molar-refractivity contribution in [1.82, 2.24) is 0 Å². The minimum atomic E-state index is -0.292. The van der Waals surface area contributed by atoms with Gasteiger partial charge in [-0.25, -0.2) is 4.79 Å². The smallest absolute Gasteiger partial charge is 0.334 e. The van der Waals surface area contributed by atoms with Crippen molar-refractivity contribution >= 4 is 5.97 Å². The van der Waals surface area contributed by atoms with Gasteiger partial charge >= 0.3 is 5.97 Å². The van der Waals surface area contributed by atoms with E-state index in [2.05, 4.69) is 18.7 Å². The Morgan fingerprint density at radius 2 is 2.00 bits per heavy atom. The molecular weight excluding hydrogens is 276 g/mol. The second-order valence-electron chi connectivity index (χ2n) is 5.47. The summed E-state index contributed by atoms with van der Waals surface area (Å²) in [7, 11) is 0. The normalized spacial score (nSPS) is 17.0. The molecule has 0 radical (unpaired) electrons. The first kappa shape index (κ1) is 18.0. The van der Waals surface area contributed by atoms with Crippen LogP contribution in [0.4, 0.5) is 0 Å². The van der Waals surface area contributed by atoms with Gasteiger partial charge in [-0.2, -0.15) is 0 Å². The molecule has 2 rings (SSSR count). The zero-order valence-electron chi connectivity index (χ0n) is 13.7. The third-order valence-corrected chi connectivity index (χ3v) is 2.98. The zero-order chi connectivity index (χ0) is 16.4. The Morgan fingerprint density at radius 3 is 2.59 bits per heavy atom. The van der Waals surface area contributed by atoms with Crippen LogP contribution in [0.15, 0.2) is 54.8 Å². The van der Waals surface area contributed by atoms with Crippen LogP contribution < -0.4 is 0 Å². The molecule has 1 heterocycles. The summed E-state index contributed by atoms with van der Waals surface area (Å²) in [5, 5.41) is 0. The number of hydrogen-bond acceptors (Lipinski definition) is 3. The summed E-state index contributed by atoms with van der Waals surface area (Å²) >= 11 is 0. The highest BCUT2D eigenvalue weighted by molar-refractivity contribution is 5.83. The van der Waals surface area contributed by atoms with Crippen molar-refractivity contribution in [3.8, 4) is 0 Å². The molecule has 3 heteroatoms. The summed E-state index contributed by atoms with van der Waals surface area (Å²) < 4.78 is 10.9. The van der Waals surface area contributed by atoms with Gasteiger partial charge in [0.15, 0.2) is 0 Å². The lowest BCUT2D eigenvalue weighted by Crippen LogP contribution is -2.25. The van der Waals surface area contributed by atoms with Crippen molar-refractivity contribution in [3.05, 3.63) is 60.4 Å². The number of cyclic esters (lactones) is 1. The van der Waals surface area contributed by atoms with Gasteiger partial charge in [0.1, 0.15) is 11.9 Å². The second kappa shape index (κ2) is 9.82. The Kier molecular flexibility index (Phi) is 8.05. The molecule has 0 aliphatic carbocycles. The molecule has 120 valence electrons. The van der Waals surface area contributed by atoms with Gasteiger partial charge in [-0.3, -0.25) is 0 Å². The van der Waals surface area contributed by atoms with E-state index in [9.17, 15) is 4.79 Å². The van der Waals surface area contributed by atoms with Crippen LogP contribution in [-0.2, 0) is 20.7 Å². The molecule has 0 saturated heterocycles. The van der Waals surface area contributed by atoms with Crippen LogP contribution in [0.25, 0.3) is 0 Å². The van der Waals surface area contributed by atoms with Crippen molar-refractivity contribution in [2.24, 2.45) is 0 Å². The average molecular weight is 302 g/mol. The highest BCUT2D eigenvalue weighted by Gasteiger charge is 2.22. The Labute approximate surface area is 133 Å². The van der Waals surface area contributed by atoms with E-state index in [1.165, 1.54) is 11.6 Å². The number of rotatable bonds is 5. The number of ether oxygens (including phenoxy) is 2. The number of carbonyl (C=O) groups is 1. The van der Waals surface area contributed by atoms with Crippen LogP contribution in [0.3, 0.4) is 0 Å². The van der Waals surface area contributed by atoms with Crippen LogP contribution in [0.2, 0.25) is 0 Å². The van der Waals surface area contributed by atoms with E-state index in [0.29, 0.717) is 6.42 Å². The summed E-state index contributed by atoms with van der Waals surface area (Å²) in [5.74, 6) is 0.448. The summed E-state index contributed by atoms with van der Waals surface area (Å²) in [6.45, 7) is 9.17. The van der Waals surface area contributed by atoms with Gasteiger partial charge in [0.25, 0.3) is 0 Å². The minimum absolute atomic E-state index is 0.0774. The lowest BCUT2D eigenvalue weighted by molar-refractivity contribution is -0.145. The molecule has 0 amide bonds. The van der Waals surface area contributed by atoms with Crippen LogP contribution in [-0.4, -0.2) is 18.2 Å². The molecule has 1 aromatic rings. The van der Waals surface area contributed by atoms with Crippen LogP contribution in [0.1, 0.15) is 39.2 Å². The first-order valence-corrected chi connectivity index (χ1v) is 7.74. The van der Waals surface area contributed by atoms with Crippen molar-refractivity contribution < 1.29 is 14.3 Å².